The quantitative estimate of drug-likeness (QED) is 0.110. The molecule has 14 nitrogen and oxygen atoms in total. The Bertz CT molecular complexity index is 2260. The van der Waals surface area contributed by atoms with Gasteiger partial charge in [-0.15, -0.1) is 12.4 Å². The Balaban J connectivity index is 0.000000701. The number of pyridine rings is 5. The molecule has 0 aliphatic rings. The highest BCUT2D eigenvalue weighted by atomic mass is 79.9. The van der Waals surface area contributed by atoms with Crippen molar-refractivity contribution in [2.24, 2.45) is 11.5 Å². The summed E-state index contributed by atoms with van der Waals surface area (Å²) >= 11 is 21.4. The van der Waals surface area contributed by atoms with Crippen molar-refractivity contribution in [2.75, 3.05) is 0 Å². The van der Waals surface area contributed by atoms with Crippen LogP contribution in [0.2, 0.25) is 5.02 Å². The highest BCUT2D eigenvalue weighted by Gasteiger charge is 2.15. The van der Waals surface area contributed by atoms with Crippen LogP contribution in [-0.4, -0.2) is 35.8 Å². The summed E-state index contributed by atoms with van der Waals surface area (Å²) in [6, 6.07) is 9.60. The number of hydrogen-bond acceptors (Lipinski definition) is 12. The summed E-state index contributed by atoms with van der Waals surface area (Å²) in [5.74, 6) is -1.43. The molecule has 0 bridgehead atoms. The van der Waals surface area contributed by atoms with Crippen molar-refractivity contribution in [3.63, 3.8) is 0 Å². The topological polar surface area (TPSA) is 236 Å². The van der Waals surface area contributed by atoms with Crippen molar-refractivity contribution < 1.29 is 22.9 Å². The van der Waals surface area contributed by atoms with E-state index < -0.39 is 10.7 Å². The maximum absolute atomic E-state index is 12.9. The lowest BCUT2D eigenvalue weighted by Gasteiger charge is -2.13. The minimum absolute atomic E-state index is 0. The lowest BCUT2D eigenvalue weighted by atomic mass is 10.2. The minimum Gasteiger partial charge on any atom is -0.348 e. The van der Waals surface area contributed by atoms with Crippen molar-refractivity contribution in [2.45, 2.75) is 39.4 Å². The van der Waals surface area contributed by atoms with Crippen molar-refractivity contribution in [1.29, 1.82) is 10.5 Å². The number of nitrogens with one attached hydrogen (secondary N) is 1. The number of amides is 1. The van der Waals surface area contributed by atoms with Crippen LogP contribution in [0, 0.1) is 50.2 Å². The van der Waals surface area contributed by atoms with Crippen molar-refractivity contribution in [3.8, 4) is 12.1 Å². The Kier molecular flexibility index (Phi) is 26.1. The Hall–Kier alpha value is -3.71. The molecule has 0 spiro atoms. The summed E-state index contributed by atoms with van der Waals surface area (Å²) in [6.07, 6.45) is 7.42. The molecule has 0 saturated carbocycles. The number of nitriles is 2. The summed E-state index contributed by atoms with van der Waals surface area (Å²) < 4.78 is 41.2. The van der Waals surface area contributed by atoms with Crippen LogP contribution in [0.1, 0.15) is 61.3 Å². The summed E-state index contributed by atoms with van der Waals surface area (Å²) in [5, 5.41) is 30.3. The van der Waals surface area contributed by atoms with Gasteiger partial charge in [0.1, 0.15) is 23.8 Å². The number of hydrogen-bond donors (Lipinski definition) is 3. The third-order valence-corrected chi connectivity index (χ3v) is 8.53. The lowest BCUT2D eigenvalue weighted by molar-refractivity contribution is -0.385. The molecule has 5 heterocycles. The number of aromatic nitrogens is 5. The van der Waals surface area contributed by atoms with Crippen LogP contribution in [0.5, 0.6) is 0 Å². The van der Waals surface area contributed by atoms with E-state index in [0.717, 1.165) is 4.47 Å². The fourth-order valence-corrected chi connectivity index (χ4v) is 5.64. The predicted octanol–water partition coefficient (Wildman–Crippen LogP) is 10.0. The molecular weight excluding hydrogens is 1140 g/mol. The van der Waals surface area contributed by atoms with Gasteiger partial charge in [-0.25, -0.2) is 23.1 Å². The number of nitrogens with zero attached hydrogens (tertiary/aromatic N) is 8. The molecule has 5 aromatic heterocycles. The molecule has 24 heteroatoms. The van der Waals surface area contributed by atoms with Gasteiger partial charge < -0.3 is 16.8 Å². The largest absolute Gasteiger partial charge is 0.348 e. The first-order chi connectivity index (χ1) is 26.7. The van der Waals surface area contributed by atoms with Gasteiger partial charge in [0.15, 0.2) is 11.5 Å². The van der Waals surface area contributed by atoms with E-state index >= 15 is 0 Å². The van der Waals surface area contributed by atoms with Gasteiger partial charge in [-0.3, -0.25) is 29.9 Å². The van der Waals surface area contributed by atoms with Gasteiger partial charge >= 0.3 is 5.69 Å². The molecule has 2 atom stereocenters. The Morgan fingerprint density at radius 2 is 1.22 bits per heavy atom. The molecule has 2 unspecified atom stereocenters. The molecule has 0 radical (unpaired) electrons. The van der Waals surface area contributed by atoms with E-state index in [9.17, 15) is 28.1 Å². The fourth-order valence-electron chi connectivity index (χ4n) is 3.62. The van der Waals surface area contributed by atoms with E-state index in [0.29, 0.717) is 40.0 Å². The van der Waals surface area contributed by atoms with E-state index in [2.05, 4.69) is 110 Å². The molecule has 58 heavy (non-hydrogen) atoms. The third-order valence-electron chi connectivity index (χ3n) is 6.06. The first kappa shape index (κ1) is 54.3. The van der Waals surface area contributed by atoms with Crippen LogP contribution in [-0.2, 0) is 11.3 Å². The highest BCUT2D eigenvalue weighted by Crippen LogP contribution is 2.24. The van der Waals surface area contributed by atoms with Crippen molar-refractivity contribution in [1.82, 2.24) is 30.2 Å². The van der Waals surface area contributed by atoms with Crippen LogP contribution in [0.4, 0.5) is 18.9 Å². The predicted molar refractivity (Wildman–Crippen MR) is 231 cm³/mol. The van der Waals surface area contributed by atoms with Gasteiger partial charge in [-0.2, -0.15) is 10.5 Å². The Morgan fingerprint density at radius 3 is 1.64 bits per heavy atom. The number of carbonyl (C=O) groups excluding carboxylic acids is 1. The van der Waals surface area contributed by atoms with Gasteiger partial charge in [0, 0.05) is 78.9 Å². The second kappa shape index (κ2) is 27.9. The summed E-state index contributed by atoms with van der Waals surface area (Å²) in [6.45, 7) is 5.13. The second-order valence-electron chi connectivity index (χ2n) is 10.5. The lowest BCUT2D eigenvalue weighted by Crippen LogP contribution is -2.24. The van der Waals surface area contributed by atoms with Crippen LogP contribution < -0.4 is 16.8 Å². The van der Waals surface area contributed by atoms with Gasteiger partial charge in [0.25, 0.3) is 0 Å². The molecule has 0 aliphatic carbocycles. The molecule has 308 valence electrons. The number of nitro groups is 1. The average Bonchev–Trinajstić information content (AvgIpc) is 3.12. The normalized spacial score (nSPS) is 10.6. The standard InChI is InChI=1S/C9H10BrClN2O.C7H8BrFN2.C6H6BrFN2.C6H2BrFN2.C6H2BrN3O2.ClH/c1-5(13-6(2)14)9-8(11)3-7(10)4-12-9;1-4(10)7-6(9)2-5(8)3-11-7;2*7-4-1-5(8)6(2-9)10-3-4;7-4-1-6(10(11)12)5(2-8)9-3-4;/h3-5H,1-2H3,(H,13,14);2-4H,10H2,1H3;1,3H,2,9H2;1,3H;1,3H;1H. The maximum Gasteiger partial charge on any atom is 0.306 e. The van der Waals surface area contributed by atoms with Gasteiger partial charge in [-0.1, -0.05) is 11.6 Å². The van der Waals surface area contributed by atoms with Crippen LogP contribution >= 0.6 is 104 Å². The third kappa shape index (κ3) is 19.8. The van der Waals surface area contributed by atoms with Crippen molar-refractivity contribution in [3.05, 3.63) is 145 Å². The molecule has 0 aliphatic heterocycles. The van der Waals surface area contributed by atoms with E-state index in [1.165, 1.54) is 56.0 Å². The smallest absolute Gasteiger partial charge is 0.306 e. The van der Waals surface area contributed by atoms with E-state index in [1.807, 2.05) is 6.92 Å². The molecule has 0 aromatic carbocycles. The Labute approximate surface area is 383 Å². The minimum atomic E-state index is -0.643. The number of rotatable bonds is 5. The first-order valence-corrected chi connectivity index (χ1v) is 19.6. The molecule has 5 N–H and O–H groups in total. The van der Waals surface area contributed by atoms with Crippen LogP contribution in [0.3, 0.4) is 0 Å². The van der Waals surface area contributed by atoms with Crippen LogP contribution in [0.25, 0.3) is 0 Å². The molecule has 1 amide bonds. The Morgan fingerprint density at radius 1 is 0.793 bits per heavy atom. The average molecular weight is 1170 g/mol. The molecular formula is C34H29Br5Cl2F3N11O3. The number of carbonyl (C=O) groups is 1. The highest BCUT2D eigenvalue weighted by molar-refractivity contribution is 9.11. The molecule has 0 saturated heterocycles. The molecule has 5 aromatic rings. The monoisotopic (exact) mass is 1160 g/mol. The van der Waals surface area contributed by atoms with E-state index in [-0.39, 0.29) is 65.7 Å². The zero-order valence-electron chi connectivity index (χ0n) is 29.9. The number of nitrogens with two attached hydrogens (primary N) is 2. The van der Waals surface area contributed by atoms with Gasteiger partial charge in [0.05, 0.1) is 33.1 Å². The SMILES string of the molecule is CC(=O)NC(C)c1ncc(Br)cc1Cl.CC(N)c1ncc(Br)cc1F.Cl.N#Cc1ncc(Br)cc1F.N#Cc1ncc(Br)cc1[N+](=O)[O-].NCc1ncc(Br)cc1F. The zero-order chi connectivity index (χ0) is 43.4. The fraction of sp³-hybridized carbons (Fsp3) is 0.176. The van der Waals surface area contributed by atoms with Crippen LogP contribution in [0.15, 0.2) is 83.7 Å². The number of halogens is 10. The first-order valence-electron chi connectivity index (χ1n) is 15.3. The van der Waals surface area contributed by atoms with Gasteiger partial charge in [0.2, 0.25) is 11.6 Å². The summed E-state index contributed by atoms with van der Waals surface area (Å²) in [5.41, 5.74) is 11.3. The van der Waals surface area contributed by atoms with E-state index in [1.54, 1.807) is 31.3 Å². The second-order valence-corrected chi connectivity index (χ2v) is 15.5. The van der Waals surface area contributed by atoms with E-state index in [4.69, 9.17) is 33.6 Å². The maximum atomic E-state index is 12.9. The summed E-state index contributed by atoms with van der Waals surface area (Å²) in [4.78, 5) is 39.3. The summed E-state index contributed by atoms with van der Waals surface area (Å²) in [7, 11) is 0. The molecule has 5 rings (SSSR count). The zero-order valence-corrected chi connectivity index (χ0v) is 39.4. The van der Waals surface area contributed by atoms with Crippen molar-refractivity contribution >= 4 is 115 Å². The molecule has 0 fully saturated rings. The van der Waals surface area contributed by atoms with Gasteiger partial charge in [-0.05, 0) is 118 Å².